The highest BCUT2D eigenvalue weighted by atomic mass is 16.5. The zero-order valence-electron chi connectivity index (χ0n) is 17.8. The van der Waals surface area contributed by atoms with Gasteiger partial charge < -0.3 is 14.8 Å². The van der Waals surface area contributed by atoms with Gasteiger partial charge in [0, 0.05) is 19.3 Å². The normalized spacial score (nSPS) is 21.5. The van der Waals surface area contributed by atoms with Gasteiger partial charge in [-0.1, -0.05) is 34.6 Å². The van der Waals surface area contributed by atoms with Crippen molar-refractivity contribution in [3.05, 3.63) is 18.0 Å². The van der Waals surface area contributed by atoms with Crippen molar-refractivity contribution < 1.29 is 9.47 Å². The van der Waals surface area contributed by atoms with Crippen LogP contribution in [0.4, 0.5) is 5.69 Å². The van der Waals surface area contributed by atoms with E-state index in [1.54, 1.807) is 14.2 Å². The lowest BCUT2D eigenvalue weighted by atomic mass is 9.64. The van der Waals surface area contributed by atoms with Gasteiger partial charge in [-0.2, -0.15) is 0 Å². The van der Waals surface area contributed by atoms with Gasteiger partial charge in [-0.15, -0.1) is 0 Å². The van der Waals surface area contributed by atoms with Crippen LogP contribution in [-0.4, -0.2) is 25.2 Å². The Labute approximate surface area is 160 Å². The number of nitrogens with one attached hydrogen (secondary N) is 1. The molecule has 1 fully saturated rings. The van der Waals surface area contributed by atoms with E-state index in [0.717, 1.165) is 23.0 Å². The third kappa shape index (κ3) is 5.60. The number of anilines is 1. The molecule has 4 heteroatoms. The molecule has 0 aliphatic heterocycles. The molecule has 0 atom stereocenters. The van der Waals surface area contributed by atoms with E-state index >= 15 is 0 Å². The summed E-state index contributed by atoms with van der Waals surface area (Å²) in [5, 5.41) is 3.70. The summed E-state index contributed by atoms with van der Waals surface area (Å²) in [5.74, 6) is 1.62. The van der Waals surface area contributed by atoms with Crippen LogP contribution < -0.4 is 10.1 Å². The molecule has 2 rings (SSSR count). The Balaban J connectivity index is 1.98. The van der Waals surface area contributed by atoms with Gasteiger partial charge in [0.05, 0.1) is 19.4 Å². The summed E-state index contributed by atoms with van der Waals surface area (Å²) in [6, 6.07) is 2.51. The monoisotopic (exact) mass is 362 g/mol. The van der Waals surface area contributed by atoms with Gasteiger partial charge in [-0.05, 0) is 54.9 Å². The molecule has 0 unspecified atom stereocenters. The summed E-state index contributed by atoms with van der Waals surface area (Å²) in [6.07, 6.45) is 8.11. The van der Waals surface area contributed by atoms with Crippen molar-refractivity contribution in [3.63, 3.8) is 0 Å². The maximum absolute atomic E-state index is 5.60. The predicted octanol–water partition coefficient (Wildman–Crippen LogP) is 5.67. The molecule has 1 heterocycles. The van der Waals surface area contributed by atoms with E-state index in [1.165, 1.54) is 32.1 Å². The highest BCUT2D eigenvalue weighted by molar-refractivity contribution is 5.58. The second kappa shape index (κ2) is 8.60. The third-order valence-electron chi connectivity index (χ3n) is 5.64. The van der Waals surface area contributed by atoms with Crippen molar-refractivity contribution in [1.29, 1.82) is 0 Å². The van der Waals surface area contributed by atoms with Crippen LogP contribution >= 0.6 is 0 Å². The molecule has 0 aromatic carbocycles. The van der Waals surface area contributed by atoms with Crippen molar-refractivity contribution in [2.75, 3.05) is 19.5 Å². The molecule has 1 aromatic heterocycles. The number of methoxy groups -OCH3 is 2. The van der Waals surface area contributed by atoms with Crippen LogP contribution in [0.2, 0.25) is 0 Å². The summed E-state index contributed by atoms with van der Waals surface area (Å²) in [5.41, 5.74) is 2.68. The average molecular weight is 363 g/mol. The van der Waals surface area contributed by atoms with Crippen LogP contribution in [0.25, 0.3) is 0 Å². The van der Waals surface area contributed by atoms with E-state index in [1.807, 2.05) is 12.3 Å². The number of ether oxygens (including phenoxy) is 2. The molecule has 148 valence electrons. The summed E-state index contributed by atoms with van der Waals surface area (Å²) in [7, 11) is 3.38. The van der Waals surface area contributed by atoms with E-state index in [4.69, 9.17) is 9.47 Å². The van der Waals surface area contributed by atoms with Crippen molar-refractivity contribution >= 4 is 5.69 Å². The van der Waals surface area contributed by atoms with Gasteiger partial charge in [-0.25, -0.2) is 0 Å². The Morgan fingerprint density at radius 3 is 2.27 bits per heavy atom. The highest BCUT2D eigenvalue weighted by Crippen LogP contribution is 2.45. The molecule has 0 amide bonds. The average Bonchev–Trinajstić information content (AvgIpc) is 2.54. The molecular weight excluding hydrogens is 324 g/mol. The Morgan fingerprint density at radius 1 is 1.08 bits per heavy atom. The fourth-order valence-corrected chi connectivity index (χ4v) is 4.82. The standard InChI is InChI=1S/C22H38N2O2/c1-21(2,3)15-22(4,5)16-8-10-17(11-9-16)24-18-12-13-23-19(14-25-6)20(18)26-7/h12-13,16-17H,8-11,14-15H2,1-7H3,(H,23,24). The summed E-state index contributed by atoms with van der Waals surface area (Å²) >= 11 is 0. The van der Waals surface area contributed by atoms with Gasteiger partial charge >= 0.3 is 0 Å². The molecule has 0 saturated heterocycles. The maximum atomic E-state index is 5.60. The first-order valence-electron chi connectivity index (χ1n) is 9.93. The lowest BCUT2D eigenvalue weighted by molar-refractivity contribution is 0.0968. The maximum Gasteiger partial charge on any atom is 0.165 e. The number of hydrogen-bond acceptors (Lipinski definition) is 4. The smallest absolute Gasteiger partial charge is 0.165 e. The topological polar surface area (TPSA) is 43.4 Å². The molecule has 0 radical (unpaired) electrons. The molecule has 1 N–H and O–H groups in total. The van der Waals surface area contributed by atoms with Crippen molar-refractivity contribution in [3.8, 4) is 5.75 Å². The fourth-order valence-electron chi connectivity index (χ4n) is 4.82. The minimum Gasteiger partial charge on any atom is -0.493 e. The van der Waals surface area contributed by atoms with Crippen LogP contribution in [0.5, 0.6) is 5.75 Å². The molecule has 1 aromatic rings. The first-order valence-corrected chi connectivity index (χ1v) is 9.93. The summed E-state index contributed by atoms with van der Waals surface area (Å²) < 4.78 is 10.8. The van der Waals surface area contributed by atoms with Gasteiger partial charge in [-0.3, -0.25) is 4.98 Å². The van der Waals surface area contributed by atoms with Crippen LogP contribution in [0, 0.1) is 16.7 Å². The Kier molecular flexibility index (Phi) is 6.95. The first kappa shape index (κ1) is 21.0. The van der Waals surface area contributed by atoms with Crippen LogP contribution in [0.3, 0.4) is 0 Å². The zero-order valence-corrected chi connectivity index (χ0v) is 17.8. The second-order valence-corrected chi connectivity index (χ2v) is 9.69. The SMILES string of the molecule is COCc1nccc(NC2CCC(C(C)(C)CC(C)(C)C)CC2)c1OC. The number of pyridine rings is 1. The quantitative estimate of drug-likeness (QED) is 0.678. The molecule has 1 saturated carbocycles. The Hall–Kier alpha value is -1.29. The van der Waals surface area contributed by atoms with E-state index in [-0.39, 0.29) is 0 Å². The highest BCUT2D eigenvalue weighted by Gasteiger charge is 2.36. The molecule has 1 aliphatic rings. The second-order valence-electron chi connectivity index (χ2n) is 9.69. The number of rotatable bonds is 7. The fraction of sp³-hybridized carbons (Fsp3) is 0.773. The van der Waals surface area contributed by atoms with Gasteiger partial charge in [0.15, 0.2) is 5.75 Å². The lowest BCUT2D eigenvalue weighted by Gasteiger charge is -2.43. The lowest BCUT2D eigenvalue weighted by Crippen LogP contribution is -2.35. The van der Waals surface area contributed by atoms with Crippen LogP contribution in [0.15, 0.2) is 12.3 Å². The Bertz CT molecular complexity index is 570. The van der Waals surface area contributed by atoms with Crippen molar-refractivity contribution in [2.24, 2.45) is 16.7 Å². The van der Waals surface area contributed by atoms with E-state index in [2.05, 4.69) is 44.9 Å². The Morgan fingerprint density at radius 2 is 1.73 bits per heavy atom. The van der Waals surface area contributed by atoms with Gasteiger partial charge in [0.2, 0.25) is 0 Å². The molecule has 1 aliphatic carbocycles. The van der Waals surface area contributed by atoms with E-state index in [9.17, 15) is 0 Å². The minimum atomic E-state index is 0.390. The van der Waals surface area contributed by atoms with Crippen molar-refractivity contribution in [2.45, 2.75) is 79.4 Å². The molecule has 0 spiro atoms. The number of nitrogens with zero attached hydrogens (tertiary/aromatic N) is 1. The molecular formula is C22H38N2O2. The minimum absolute atomic E-state index is 0.390. The largest absolute Gasteiger partial charge is 0.493 e. The molecule has 4 nitrogen and oxygen atoms in total. The summed E-state index contributed by atoms with van der Waals surface area (Å²) in [4.78, 5) is 4.38. The van der Waals surface area contributed by atoms with E-state index < -0.39 is 0 Å². The zero-order chi connectivity index (χ0) is 19.4. The number of aromatic nitrogens is 1. The van der Waals surface area contributed by atoms with E-state index in [0.29, 0.717) is 23.5 Å². The molecule has 26 heavy (non-hydrogen) atoms. The summed E-state index contributed by atoms with van der Waals surface area (Å²) in [6.45, 7) is 12.4. The van der Waals surface area contributed by atoms with Gasteiger partial charge in [0.1, 0.15) is 5.69 Å². The predicted molar refractivity (Wildman–Crippen MR) is 109 cm³/mol. The number of hydrogen-bond donors (Lipinski definition) is 1. The third-order valence-corrected chi connectivity index (χ3v) is 5.64. The van der Waals surface area contributed by atoms with Gasteiger partial charge in [0.25, 0.3) is 0 Å². The van der Waals surface area contributed by atoms with Crippen molar-refractivity contribution in [1.82, 2.24) is 4.98 Å². The first-order chi connectivity index (χ1) is 12.2. The van der Waals surface area contributed by atoms with Crippen LogP contribution in [0.1, 0.15) is 72.4 Å². The van der Waals surface area contributed by atoms with Crippen LogP contribution in [-0.2, 0) is 11.3 Å². The molecule has 0 bridgehead atoms.